The van der Waals surface area contributed by atoms with Crippen molar-refractivity contribution in [2.45, 2.75) is 32.5 Å². The zero-order chi connectivity index (χ0) is 19.4. The number of hydrogen-bond acceptors (Lipinski definition) is 4. The number of alkyl halides is 3. The molecule has 1 unspecified atom stereocenters. The molecular formula is C20H18F3N3O. The average Bonchev–Trinajstić information content (AvgIpc) is 2.61. The molecular weight excluding hydrogens is 355 g/mol. The Labute approximate surface area is 155 Å². The minimum Gasteiger partial charge on any atom is -0.455 e. The van der Waals surface area contributed by atoms with E-state index in [1.165, 1.54) is 12.1 Å². The van der Waals surface area contributed by atoms with Gasteiger partial charge in [0, 0.05) is 30.2 Å². The van der Waals surface area contributed by atoms with E-state index in [-0.39, 0.29) is 6.01 Å². The molecule has 27 heavy (non-hydrogen) atoms. The summed E-state index contributed by atoms with van der Waals surface area (Å²) < 4.78 is 44.5. The maximum Gasteiger partial charge on any atom is 0.416 e. The number of pyridine rings is 1. The lowest BCUT2D eigenvalue weighted by molar-refractivity contribution is -0.137. The molecule has 0 aliphatic carbocycles. The summed E-state index contributed by atoms with van der Waals surface area (Å²) in [6, 6.07) is 10.7. The van der Waals surface area contributed by atoms with Gasteiger partial charge < -0.3 is 4.74 Å². The summed E-state index contributed by atoms with van der Waals surface area (Å²) >= 11 is 0. The first-order valence-electron chi connectivity index (χ1n) is 8.36. The van der Waals surface area contributed by atoms with Crippen molar-refractivity contribution in [3.05, 3.63) is 82.9 Å². The number of aromatic nitrogens is 3. The summed E-state index contributed by atoms with van der Waals surface area (Å²) in [5.74, 6) is 0. The molecule has 7 heteroatoms. The van der Waals surface area contributed by atoms with Gasteiger partial charge in [-0.2, -0.15) is 13.2 Å². The molecule has 0 N–H and O–H groups in total. The molecule has 0 saturated carbocycles. The maximum absolute atomic E-state index is 12.8. The van der Waals surface area contributed by atoms with Gasteiger partial charge in [-0.25, -0.2) is 9.97 Å². The molecule has 0 bridgehead atoms. The van der Waals surface area contributed by atoms with Crippen LogP contribution in [0.3, 0.4) is 0 Å². The summed E-state index contributed by atoms with van der Waals surface area (Å²) in [7, 11) is 0. The average molecular weight is 373 g/mol. The number of halogens is 3. The van der Waals surface area contributed by atoms with Crippen LogP contribution < -0.4 is 4.74 Å². The predicted octanol–water partition coefficient (Wildman–Crippen LogP) is 4.87. The van der Waals surface area contributed by atoms with Gasteiger partial charge in [0.1, 0.15) is 6.10 Å². The topological polar surface area (TPSA) is 47.9 Å². The minimum atomic E-state index is -4.38. The summed E-state index contributed by atoms with van der Waals surface area (Å²) in [5, 5.41) is 0. The Bertz CT molecular complexity index is 876. The van der Waals surface area contributed by atoms with E-state index in [9.17, 15) is 13.2 Å². The van der Waals surface area contributed by atoms with E-state index in [2.05, 4.69) is 15.0 Å². The van der Waals surface area contributed by atoms with Gasteiger partial charge in [-0.15, -0.1) is 0 Å². The second-order valence-corrected chi connectivity index (χ2v) is 6.22. The molecule has 1 aromatic carbocycles. The van der Waals surface area contributed by atoms with Crippen LogP contribution in [-0.2, 0) is 12.6 Å². The lowest BCUT2D eigenvalue weighted by atomic mass is 10.0. The molecule has 0 saturated heterocycles. The van der Waals surface area contributed by atoms with Gasteiger partial charge in [0.2, 0.25) is 0 Å². The molecule has 0 fully saturated rings. The van der Waals surface area contributed by atoms with E-state index in [4.69, 9.17) is 4.74 Å². The van der Waals surface area contributed by atoms with Crippen LogP contribution in [0.5, 0.6) is 6.01 Å². The largest absolute Gasteiger partial charge is 0.455 e. The van der Waals surface area contributed by atoms with E-state index >= 15 is 0 Å². The van der Waals surface area contributed by atoms with E-state index in [1.807, 2.05) is 32.0 Å². The first-order chi connectivity index (χ1) is 12.8. The van der Waals surface area contributed by atoms with Crippen LogP contribution in [-0.4, -0.2) is 15.0 Å². The van der Waals surface area contributed by atoms with E-state index in [0.717, 1.165) is 29.1 Å². The van der Waals surface area contributed by atoms with E-state index in [1.54, 1.807) is 12.4 Å². The van der Waals surface area contributed by atoms with Crippen molar-refractivity contribution >= 4 is 0 Å². The summed E-state index contributed by atoms with van der Waals surface area (Å²) in [6.07, 6.45) is -1.14. The van der Waals surface area contributed by atoms with Crippen molar-refractivity contribution in [2.75, 3.05) is 0 Å². The molecule has 3 aromatic rings. The first-order valence-corrected chi connectivity index (χ1v) is 8.36. The molecule has 140 valence electrons. The Morgan fingerprint density at radius 2 is 1.52 bits per heavy atom. The second kappa shape index (κ2) is 7.73. The number of nitrogens with zero attached hydrogens (tertiary/aromatic N) is 3. The summed E-state index contributed by atoms with van der Waals surface area (Å²) in [5.41, 5.74) is 2.37. The highest BCUT2D eigenvalue weighted by Crippen LogP contribution is 2.31. The third-order valence-electron chi connectivity index (χ3n) is 3.99. The fraction of sp³-hybridized carbons (Fsp3) is 0.250. The Balaban J connectivity index is 1.91. The van der Waals surface area contributed by atoms with Crippen LogP contribution in [0.1, 0.15) is 34.2 Å². The number of ether oxygens (including phenoxy) is 1. The summed E-state index contributed by atoms with van der Waals surface area (Å²) in [6.45, 7) is 3.66. The highest BCUT2D eigenvalue weighted by atomic mass is 19.4. The molecule has 2 heterocycles. The zero-order valence-corrected chi connectivity index (χ0v) is 14.9. The van der Waals surface area contributed by atoms with Gasteiger partial charge in [-0.1, -0.05) is 12.1 Å². The van der Waals surface area contributed by atoms with E-state index < -0.39 is 17.8 Å². The molecule has 4 nitrogen and oxygen atoms in total. The zero-order valence-electron chi connectivity index (χ0n) is 14.9. The number of benzene rings is 1. The molecule has 1 atom stereocenters. The summed E-state index contributed by atoms with van der Waals surface area (Å²) in [4.78, 5) is 12.5. The third kappa shape index (κ3) is 5.03. The molecule has 0 spiro atoms. The highest BCUT2D eigenvalue weighted by Gasteiger charge is 2.30. The maximum atomic E-state index is 12.8. The third-order valence-corrected chi connectivity index (χ3v) is 3.99. The molecule has 0 radical (unpaired) electrons. The Kier molecular flexibility index (Phi) is 5.39. The van der Waals surface area contributed by atoms with Crippen molar-refractivity contribution < 1.29 is 17.9 Å². The van der Waals surface area contributed by atoms with Crippen molar-refractivity contribution in [2.24, 2.45) is 0 Å². The van der Waals surface area contributed by atoms with Gasteiger partial charge in [0.25, 0.3) is 0 Å². The van der Waals surface area contributed by atoms with Gasteiger partial charge in [-0.05, 0) is 55.3 Å². The van der Waals surface area contributed by atoms with Crippen LogP contribution in [0.25, 0.3) is 0 Å². The fourth-order valence-electron chi connectivity index (χ4n) is 2.72. The van der Waals surface area contributed by atoms with Gasteiger partial charge in [0.05, 0.1) is 5.56 Å². The Hall–Kier alpha value is -2.96. The predicted molar refractivity (Wildman–Crippen MR) is 94.3 cm³/mol. The second-order valence-electron chi connectivity index (χ2n) is 6.22. The van der Waals surface area contributed by atoms with Gasteiger partial charge in [-0.3, -0.25) is 4.98 Å². The normalized spacial score (nSPS) is 12.6. The minimum absolute atomic E-state index is 0.200. The number of rotatable bonds is 5. The van der Waals surface area contributed by atoms with Crippen LogP contribution in [0.4, 0.5) is 13.2 Å². The lowest BCUT2D eigenvalue weighted by Gasteiger charge is -2.19. The van der Waals surface area contributed by atoms with Crippen molar-refractivity contribution in [1.82, 2.24) is 15.0 Å². The smallest absolute Gasteiger partial charge is 0.416 e. The molecule has 0 aliphatic rings. The SMILES string of the molecule is Cc1cc(C)nc(OC(Cc2ccncc2)c2ccc(C(F)(F)F)cc2)n1. The first kappa shape index (κ1) is 18.8. The standard InChI is InChI=1S/C20H18F3N3O/c1-13-11-14(2)26-19(25-13)27-18(12-15-7-9-24-10-8-15)16-3-5-17(6-4-16)20(21,22)23/h3-11,18H,12H2,1-2H3. The van der Waals surface area contributed by atoms with Crippen LogP contribution in [0.2, 0.25) is 0 Å². The molecule has 0 amide bonds. The van der Waals surface area contributed by atoms with Crippen molar-refractivity contribution in [3.63, 3.8) is 0 Å². The quantitative estimate of drug-likeness (QED) is 0.640. The van der Waals surface area contributed by atoms with Crippen molar-refractivity contribution in [1.29, 1.82) is 0 Å². The van der Waals surface area contributed by atoms with Crippen LogP contribution >= 0.6 is 0 Å². The Morgan fingerprint density at radius 3 is 2.07 bits per heavy atom. The van der Waals surface area contributed by atoms with Crippen LogP contribution in [0.15, 0.2) is 54.9 Å². The molecule has 0 aliphatic heterocycles. The molecule has 2 aromatic heterocycles. The monoisotopic (exact) mass is 373 g/mol. The van der Waals surface area contributed by atoms with Crippen LogP contribution in [0, 0.1) is 13.8 Å². The van der Waals surface area contributed by atoms with Gasteiger partial charge in [0.15, 0.2) is 0 Å². The number of aryl methyl sites for hydroxylation is 2. The lowest BCUT2D eigenvalue weighted by Crippen LogP contribution is -2.14. The Morgan fingerprint density at radius 1 is 0.926 bits per heavy atom. The fourth-order valence-corrected chi connectivity index (χ4v) is 2.72. The highest BCUT2D eigenvalue weighted by molar-refractivity contribution is 5.28. The van der Waals surface area contributed by atoms with Crippen molar-refractivity contribution in [3.8, 4) is 6.01 Å². The molecule has 3 rings (SSSR count). The van der Waals surface area contributed by atoms with E-state index in [0.29, 0.717) is 12.0 Å². The number of hydrogen-bond donors (Lipinski definition) is 0. The van der Waals surface area contributed by atoms with Gasteiger partial charge >= 0.3 is 12.2 Å².